The summed E-state index contributed by atoms with van der Waals surface area (Å²) in [7, 11) is -3.38. The van der Waals surface area contributed by atoms with Crippen LogP contribution in [-0.4, -0.2) is 40.7 Å². The monoisotopic (exact) mass is 428 g/mol. The highest BCUT2D eigenvalue weighted by atomic mass is 32.2. The van der Waals surface area contributed by atoms with Crippen molar-refractivity contribution in [2.45, 2.75) is 6.42 Å². The van der Waals surface area contributed by atoms with E-state index in [4.69, 9.17) is 0 Å². The van der Waals surface area contributed by atoms with Gasteiger partial charge in [-0.25, -0.2) is 13.4 Å². The maximum atomic E-state index is 12.4. The maximum absolute atomic E-state index is 12.4. The molecule has 4 aromatic rings. The second-order valence-electron chi connectivity index (χ2n) is 6.31. The lowest BCUT2D eigenvalue weighted by atomic mass is 10.1. The number of carbonyl (C=O) groups excluding carboxylic acids is 1. The van der Waals surface area contributed by atoms with E-state index >= 15 is 0 Å². The van der Waals surface area contributed by atoms with Crippen molar-refractivity contribution in [3.63, 3.8) is 0 Å². The van der Waals surface area contributed by atoms with Gasteiger partial charge in [0.15, 0.2) is 5.01 Å². The number of nitrogens with one attached hydrogen (secondary N) is 3. The van der Waals surface area contributed by atoms with Crippen LogP contribution >= 0.6 is 11.3 Å². The summed E-state index contributed by atoms with van der Waals surface area (Å²) in [5.41, 5.74) is 2.70. The standard InChI is InChI=1S/C18H16N6O3S2/c1-29(26,27)24-12-5-2-4-11(8-12)9-15(25)21-18-23-22-17(28-18)14-10-20-16-13(14)6-3-7-19-16/h2-8,10,24H,9H2,1H3,(H,19,20)(H,21,23,25). The number of nitrogens with zero attached hydrogens (tertiary/aromatic N) is 3. The quantitative estimate of drug-likeness (QED) is 0.433. The first-order valence-electron chi connectivity index (χ1n) is 8.50. The van der Waals surface area contributed by atoms with Crippen LogP contribution < -0.4 is 10.0 Å². The van der Waals surface area contributed by atoms with Gasteiger partial charge in [-0.2, -0.15) is 0 Å². The number of H-pyrrole nitrogens is 1. The maximum Gasteiger partial charge on any atom is 0.230 e. The smallest absolute Gasteiger partial charge is 0.230 e. The zero-order valence-corrected chi connectivity index (χ0v) is 16.8. The number of fused-ring (bicyclic) bond motifs is 1. The first kappa shape index (κ1) is 19.0. The van der Waals surface area contributed by atoms with E-state index in [9.17, 15) is 13.2 Å². The fraction of sp³-hybridized carbons (Fsp3) is 0.111. The molecule has 0 unspecified atom stereocenters. The Morgan fingerprint density at radius 2 is 2.07 bits per heavy atom. The Labute approximate surface area is 170 Å². The summed E-state index contributed by atoms with van der Waals surface area (Å²) in [6.07, 6.45) is 4.66. The van der Waals surface area contributed by atoms with Crippen molar-refractivity contribution in [3.8, 4) is 10.6 Å². The molecule has 3 heterocycles. The van der Waals surface area contributed by atoms with Crippen molar-refractivity contribution in [2.24, 2.45) is 0 Å². The predicted molar refractivity (Wildman–Crippen MR) is 112 cm³/mol. The summed E-state index contributed by atoms with van der Waals surface area (Å²) in [5.74, 6) is -0.273. The van der Waals surface area contributed by atoms with Gasteiger partial charge in [-0.15, -0.1) is 10.2 Å². The van der Waals surface area contributed by atoms with Crippen LogP contribution in [0.5, 0.6) is 0 Å². The minimum atomic E-state index is -3.38. The van der Waals surface area contributed by atoms with E-state index in [1.54, 1.807) is 30.5 Å². The molecule has 0 atom stereocenters. The third-order valence-electron chi connectivity index (χ3n) is 3.95. The van der Waals surface area contributed by atoms with Crippen LogP contribution in [0.2, 0.25) is 0 Å². The Morgan fingerprint density at radius 1 is 1.21 bits per heavy atom. The number of hydrogen-bond donors (Lipinski definition) is 3. The Hall–Kier alpha value is -3.31. The summed E-state index contributed by atoms with van der Waals surface area (Å²) >= 11 is 1.26. The molecule has 4 rings (SSSR count). The minimum Gasteiger partial charge on any atom is -0.345 e. The lowest BCUT2D eigenvalue weighted by Gasteiger charge is -2.06. The van der Waals surface area contributed by atoms with Gasteiger partial charge in [0.25, 0.3) is 0 Å². The van der Waals surface area contributed by atoms with Crippen molar-refractivity contribution >= 4 is 49.1 Å². The average Bonchev–Trinajstić information content (AvgIpc) is 3.27. The van der Waals surface area contributed by atoms with Crippen LogP contribution in [0.4, 0.5) is 10.8 Å². The number of aromatic amines is 1. The molecule has 0 aliphatic rings. The average molecular weight is 428 g/mol. The van der Waals surface area contributed by atoms with Gasteiger partial charge >= 0.3 is 0 Å². The van der Waals surface area contributed by atoms with Crippen molar-refractivity contribution in [1.29, 1.82) is 0 Å². The summed E-state index contributed by atoms with van der Waals surface area (Å²) in [4.78, 5) is 19.7. The molecular formula is C18H16N6O3S2. The molecule has 0 saturated heterocycles. The van der Waals surface area contributed by atoms with E-state index in [1.165, 1.54) is 11.3 Å². The molecule has 3 N–H and O–H groups in total. The predicted octanol–water partition coefficient (Wildman–Crippen LogP) is 2.63. The van der Waals surface area contributed by atoms with Crippen molar-refractivity contribution in [2.75, 3.05) is 16.3 Å². The van der Waals surface area contributed by atoms with Crippen molar-refractivity contribution in [3.05, 3.63) is 54.4 Å². The van der Waals surface area contributed by atoms with Gasteiger partial charge in [0, 0.05) is 29.0 Å². The molecule has 148 valence electrons. The molecule has 0 radical (unpaired) electrons. The number of sulfonamides is 1. The van der Waals surface area contributed by atoms with E-state index in [0.717, 1.165) is 22.9 Å². The molecule has 11 heteroatoms. The normalized spacial score (nSPS) is 11.5. The Bertz CT molecular complexity index is 1300. The number of rotatable bonds is 6. The molecule has 0 fully saturated rings. The van der Waals surface area contributed by atoms with Gasteiger partial charge < -0.3 is 10.3 Å². The highest BCUT2D eigenvalue weighted by Gasteiger charge is 2.14. The Balaban J connectivity index is 1.45. The SMILES string of the molecule is CS(=O)(=O)Nc1cccc(CC(=O)Nc2nnc(-c3c[nH]c4ncccc34)s2)c1. The number of aromatic nitrogens is 4. The largest absolute Gasteiger partial charge is 0.345 e. The second kappa shape index (κ2) is 7.60. The van der Waals surface area contributed by atoms with Gasteiger partial charge in [-0.05, 0) is 29.8 Å². The molecule has 0 aliphatic heterocycles. The molecule has 0 saturated carbocycles. The molecule has 1 aromatic carbocycles. The third kappa shape index (κ3) is 4.58. The summed E-state index contributed by atoms with van der Waals surface area (Å²) in [6, 6.07) is 10.4. The first-order chi connectivity index (χ1) is 13.9. The first-order valence-corrected chi connectivity index (χ1v) is 11.2. The van der Waals surface area contributed by atoms with E-state index < -0.39 is 10.0 Å². The van der Waals surface area contributed by atoms with Crippen LogP contribution in [0.3, 0.4) is 0 Å². The van der Waals surface area contributed by atoms with Crippen LogP contribution in [0.25, 0.3) is 21.6 Å². The molecule has 9 nitrogen and oxygen atoms in total. The number of anilines is 2. The van der Waals surface area contributed by atoms with Crippen LogP contribution in [0, 0.1) is 0 Å². The molecular weight excluding hydrogens is 412 g/mol. The van der Waals surface area contributed by atoms with E-state index in [2.05, 4.69) is 30.2 Å². The Kier molecular flexibility index (Phi) is 4.99. The zero-order valence-electron chi connectivity index (χ0n) is 15.2. The topological polar surface area (TPSA) is 130 Å². The molecule has 29 heavy (non-hydrogen) atoms. The van der Waals surface area contributed by atoms with E-state index in [-0.39, 0.29) is 12.3 Å². The number of hydrogen-bond acceptors (Lipinski definition) is 7. The van der Waals surface area contributed by atoms with E-state index in [1.807, 2.05) is 18.3 Å². The fourth-order valence-electron chi connectivity index (χ4n) is 2.82. The number of carbonyl (C=O) groups is 1. The van der Waals surface area contributed by atoms with Crippen molar-refractivity contribution < 1.29 is 13.2 Å². The lowest BCUT2D eigenvalue weighted by Crippen LogP contribution is -2.15. The fourth-order valence-corrected chi connectivity index (χ4v) is 4.17. The zero-order chi connectivity index (χ0) is 20.4. The number of pyridine rings is 1. The summed E-state index contributed by atoms with van der Waals surface area (Å²) in [5, 5.41) is 12.9. The highest BCUT2D eigenvalue weighted by molar-refractivity contribution is 7.92. The van der Waals surface area contributed by atoms with Crippen molar-refractivity contribution in [1.82, 2.24) is 20.2 Å². The second-order valence-corrected chi connectivity index (χ2v) is 9.04. The van der Waals surface area contributed by atoms with Crippen LogP contribution in [-0.2, 0) is 21.2 Å². The molecule has 0 spiro atoms. The molecule has 0 bridgehead atoms. The number of benzene rings is 1. The van der Waals surface area contributed by atoms with Gasteiger partial charge in [0.1, 0.15) is 5.65 Å². The van der Waals surface area contributed by atoms with Crippen LogP contribution in [0.1, 0.15) is 5.56 Å². The van der Waals surface area contributed by atoms with Crippen LogP contribution in [0.15, 0.2) is 48.8 Å². The molecule has 0 aliphatic carbocycles. The molecule has 3 aromatic heterocycles. The number of amides is 1. The van der Waals surface area contributed by atoms with Gasteiger partial charge in [-0.3, -0.25) is 9.52 Å². The molecule has 1 amide bonds. The Morgan fingerprint density at radius 3 is 2.90 bits per heavy atom. The lowest BCUT2D eigenvalue weighted by molar-refractivity contribution is -0.115. The summed E-state index contributed by atoms with van der Waals surface area (Å²) in [6.45, 7) is 0. The van der Waals surface area contributed by atoms with Gasteiger partial charge in [0.2, 0.25) is 21.1 Å². The highest BCUT2D eigenvalue weighted by Crippen LogP contribution is 2.31. The third-order valence-corrected chi connectivity index (χ3v) is 5.43. The van der Waals surface area contributed by atoms with E-state index in [0.29, 0.717) is 21.4 Å². The minimum absolute atomic E-state index is 0.0746. The van der Waals surface area contributed by atoms with Gasteiger partial charge in [0.05, 0.1) is 12.7 Å². The van der Waals surface area contributed by atoms with Gasteiger partial charge in [-0.1, -0.05) is 23.5 Å². The summed E-state index contributed by atoms with van der Waals surface area (Å²) < 4.78 is 25.1.